The molecule has 0 amide bonds. The molecule has 4 nitrogen and oxygen atoms in total. The Balaban J connectivity index is 1.78. The van der Waals surface area contributed by atoms with E-state index in [9.17, 15) is 0 Å². The standard InChI is InChI=1S/C17H23N3O/c1-12-17(10-11-18-14-4-5-14)13(2)20(19-12)15-6-8-16(21-3)9-7-15/h6-9,14,18H,4-5,10-11H2,1-3H3. The minimum Gasteiger partial charge on any atom is -0.497 e. The van der Waals surface area contributed by atoms with E-state index in [2.05, 4.69) is 19.2 Å². The van der Waals surface area contributed by atoms with Gasteiger partial charge in [-0.05, 0) is 69.5 Å². The Morgan fingerprint density at radius 1 is 1.24 bits per heavy atom. The van der Waals surface area contributed by atoms with Gasteiger partial charge in [-0.25, -0.2) is 4.68 Å². The fourth-order valence-corrected chi connectivity index (χ4v) is 2.70. The molecule has 1 aromatic carbocycles. The molecule has 1 heterocycles. The van der Waals surface area contributed by atoms with E-state index in [1.54, 1.807) is 7.11 Å². The Morgan fingerprint density at radius 3 is 2.57 bits per heavy atom. The highest BCUT2D eigenvalue weighted by Crippen LogP contribution is 2.21. The zero-order valence-electron chi connectivity index (χ0n) is 13.0. The third-order valence-electron chi connectivity index (χ3n) is 4.14. The minimum absolute atomic E-state index is 0.766. The minimum atomic E-state index is 0.766. The number of benzene rings is 1. The van der Waals surface area contributed by atoms with Gasteiger partial charge in [0, 0.05) is 11.7 Å². The van der Waals surface area contributed by atoms with Gasteiger partial charge in [0.1, 0.15) is 5.75 Å². The first-order valence-electron chi connectivity index (χ1n) is 7.62. The fourth-order valence-electron chi connectivity index (χ4n) is 2.70. The van der Waals surface area contributed by atoms with Crippen LogP contribution in [-0.2, 0) is 6.42 Å². The maximum Gasteiger partial charge on any atom is 0.119 e. The summed E-state index contributed by atoms with van der Waals surface area (Å²) in [4.78, 5) is 0. The summed E-state index contributed by atoms with van der Waals surface area (Å²) in [6.07, 6.45) is 3.72. The van der Waals surface area contributed by atoms with Gasteiger partial charge >= 0.3 is 0 Å². The van der Waals surface area contributed by atoms with Crippen molar-refractivity contribution in [2.24, 2.45) is 0 Å². The number of nitrogens with one attached hydrogen (secondary N) is 1. The lowest BCUT2D eigenvalue weighted by atomic mass is 10.1. The number of aromatic nitrogens is 2. The maximum absolute atomic E-state index is 5.21. The van der Waals surface area contributed by atoms with Crippen LogP contribution in [0.15, 0.2) is 24.3 Å². The maximum atomic E-state index is 5.21. The lowest BCUT2D eigenvalue weighted by Crippen LogP contribution is -2.19. The average molecular weight is 285 g/mol. The Bertz CT molecular complexity index is 612. The highest BCUT2D eigenvalue weighted by Gasteiger charge is 2.20. The molecule has 1 aliphatic rings. The highest BCUT2D eigenvalue weighted by atomic mass is 16.5. The zero-order chi connectivity index (χ0) is 14.8. The van der Waals surface area contributed by atoms with Crippen molar-refractivity contribution >= 4 is 0 Å². The molecule has 1 aromatic heterocycles. The van der Waals surface area contributed by atoms with Gasteiger partial charge in [-0.1, -0.05) is 0 Å². The Hall–Kier alpha value is -1.81. The van der Waals surface area contributed by atoms with Crippen LogP contribution in [0.2, 0.25) is 0 Å². The van der Waals surface area contributed by atoms with E-state index in [0.717, 1.165) is 36.1 Å². The van der Waals surface area contributed by atoms with E-state index in [1.165, 1.54) is 24.1 Å². The quantitative estimate of drug-likeness (QED) is 0.887. The van der Waals surface area contributed by atoms with Gasteiger partial charge in [-0.2, -0.15) is 5.10 Å². The summed E-state index contributed by atoms with van der Waals surface area (Å²) in [6, 6.07) is 8.80. The van der Waals surface area contributed by atoms with Crippen LogP contribution < -0.4 is 10.1 Å². The molecule has 2 aromatic rings. The molecule has 21 heavy (non-hydrogen) atoms. The van der Waals surface area contributed by atoms with E-state index in [-0.39, 0.29) is 0 Å². The molecule has 0 bridgehead atoms. The Morgan fingerprint density at radius 2 is 1.95 bits per heavy atom. The lowest BCUT2D eigenvalue weighted by molar-refractivity contribution is 0.414. The van der Waals surface area contributed by atoms with Crippen LogP contribution in [0.1, 0.15) is 29.8 Å². The number of hydrogen-bond acceptors (Lipinski definition) is 3. The number of nitrogens with zero attached hydrogens (tertiary/aromatic N) is 2. The van der Waals surface area contributed by atoms with Gasteiger partial charge < -0.3 is 10.1 Å². The molecule has 0 spiro atoms. The SMILES string of the molecule is COc1ccc(-n2nc(C)c(CCNC3CC3)c2C)cc1. The van der Waals surface area contributed by atoms with E-state index in [0.29, 0.717) is 0 Å². The van der Waals surface area contributed by atoms with Crippen LogP contribution >= 0.6 is 0 Å². The molecule has 0 aliphatic heterocycles. The summed E-state index contributed by atoms with van der Waals surface area (Å²) in [5.41, 5.74) is 4.80. The molecule has 1 N–H and O–H groups in total. The molecular weight excluding hydrogens is 262 g/mol. The van der Waals surface area contributed by atoms with Crippen LogP contribution in [-0.4, -0.2) is 29.5 Å². The second-order valence-corrected chi connectivity index (χ2v) is 5.74. The van der Waals surface area contributed by atoms with Gasteiger partial charge in [0.05, 0.1) is 18.5 Å². The number of methoxy groups -OCH3 is 1. The molecule has 4 heteroatoms. The van der Waals surface area contributed by atoms with E-state index < -0.39 is 0 Å². The topological polar surface area (TPSA) is 39.1 Å². The first-order valence-corrected chi connectivity index (χ1v) is 7.62. The van der Waals surface area contributed by atoms with Gasteiger partial charge in [0.15, 0.2) is 0 Å². The van der Waals surface area contributed by atoms with Crippen molar-refractivity contribution < 1.29 is 4.74 Å². The summed E-state index contributed by atoms with van der Waals surface area (Å²) in [5, 5.41) is 8.27. The molecule has 0 unspecified atom stereocenters. The summed E-state index contributed by atoms with van der Waals surface area (Å²) in [6.45, 7) is 5.29. The van der Waals surface area contributed by atoms with Gasteiger partial charge in [-0.3, -0.25) is 0 Å². The number of ether oxygens (including phenoxy) is 1. The molecule has 0 atom stereocenters. The second-order valence-electron chi connectivity index (χ2n) is 5.74. The molecule has 0 radical (unpaired) electrons. The summed E-state index contributed by atoms with van der Waals surface area (Å²) in [7, 11) is 1.68. The van der Waals surface area contributed by atoms with Crippen molar-refractivity contribution in [3.8, 4) is 11.4 Å². The van der Waals surface area contributed by atoms with Crippen LogP contribution in [0.5, 0.6) is 5.75 Å². The van der Waals surface area contributed by atoms with Crippen molar-refractivity contribution in [2.75, 3.05) is 13.7 Å². The van der Waals surface area contributed by atoms with Crippen molar-refractivity contribution in [3.63, 3.8) is 0 Å². The van der Waals surface area contributed by atoms with Crippen LogP contribution in [0.4, 0.5) is 0 Å². The van der Waals surface area contributed by atoms with Crippen LogP contribution in [0.3, 0.4) is 0 Å². The molecule has 0 saturated heterocycles. The number of hydrogen-bond donors (Lipinski definition) is 1. The molecule has 1 fully saturated rings. The van der Waals surface area contributed by atoms with Crippen molar-refractivity contribution in [1.29, 1.82) is 0 Å². The highest BCUT2D eigenvalue weighted by molar-refractivity contribution is 5.40. The number of rotatable bonds is 6. The van der Waals surface area contributed by atoms with Crippen molar-refractivity contribution in [1.82, 2.24) is 15.1 Å². The van der Waals surface area contributed by atoms with Gasteiger partial charge in [0.2, 0.25) is 0 Å². The van der Waals surface area contributed by atoms with Crippen LogP contribution in [0, 0.1) is 13.8 Å². The van der Waals surface area contributed by atoms with Crippen molar-refractivity contribution in [3.05, 3.63) is 41.2 Å². The predicted molar refractivity (Wildman–Crippen MR) is 84.3 cm³/mol. The number of aryl methyl sites for hydroxylation is 1. The van der Waals surface area contributed by atoms with Gasteiger partial charge in [0.25, 0.3) is 0 Å². The molecule has 1 saturated carbocycles. The largest absolute Gasteiger partial charge is 0.497 e. The third-order valence-corrected chi connectivity index (χ3v) is 4.14. The van der Waals surface area contributed by atoms with E-state index >= 15 is 0 Å². The van der Waals surface area contributed by atoms with Crippen molar-refractivity contribution in [2.45, 2.75) is 39.2 Å². The normalized spacial score (nSPS) is 14.4. The zero-order valence-corrected chi connectivity index (χ0v) is 13.0. The molecule has 3 rings (SSSR count). The van der Waals surface area contributed by atoms with Crippen LogP contribution in [0.25, 0.3) is 5.69 Å². The Kier molecular flexibility index (Phi) is 3.97. The molecule has 1 aliphatic carbocycles. The molecular formula is C17H23N3O. The lowest BCUT2D eigenvalue weighted by Gasteiger charge is -2.07. The smallest absolute Gasteiger partial charge is 0.119 e. The molecule has 112 valence electrons. The fraction of sp³-hybridized carbons (Fsp3) is 0.471. The average Bonchev–Trinajstić information content (AvgIpc) is 3.28. The first kappa shape index (κ1) is 14.1. The Labute approximate surface area is 126 Å². The van der Waals surface area contributed by atoms with E-state index in [1.807, 2.05) is 28.9 Å². The van der Waals surface area contributed by atoms with E-state index in [4.69, 9.17) is 9.84 Å². The summed E-state index contributed by atoms with van der Waals surface area (Å²) in [5.74, 6) is 0.870. The predicted octanol–water partition coefficient (Wildman–Crippen LogP) is 2.79. The first-order chi connectivity index (χ1) is 10.2. The third kappa shape index (κ3) is 3.10. The summed E-state index contributed by atoms with van der Waals surface area (Å²) >= 11 is 0. The summed E-state index contributed by atoms with van der Waals surface area (Å²) < 4.78 is 7.24. The monoisotopic (exact) mass is 285 g/mol. The second kappa shape index (κ2) is 5.90. The van der Waals surface area contributed by atoms with Gasteiger partial charge in [-0.15, -0.1) is 0 Å².